The second kappa shape index (κ2) is 6.01. The van der Waals surface area contributed by atoms with Gasteiger partial charge in [-0.25, -0.2) is 0 Å². The van der Waals surface area contributed by atoms with Crippen LogP contribution >= 0.6 is 0 Å². The summed E-state index contributed by atoms with van der Waals surface area (Å²) in [6, 6.07) is 7.65. The highest BCUT2D eigenvalue weighted by Gasteiger charge is 2.18. The summed E-state index contributed by atoms with van der Waals surface area (Å²) in [5, 5.41) is 3.42. The lowest BCUT2D eigenvalue weighted by molar-refractivity contribution is 0.101. The third-order valence-electron chi connectivity index (χ3n) is 2.81. The number of Topliss-reactive ketones (excluding diaryl/α,β-unsaturated/α-hetero) is 1. The molecule has 0 spiro atoms. The molecule has 1 rings (SSSR count). The van der Waals surface area contributed by atoms with Crippen LogP contribution < -0.4 is 5.32 Å². The van der Waals surface area contributed by atoms with E-state index in [0.717, 1.165) is 24.3 Å². The average molecular weight is 248 g/mol. The van der Waals surface area contributed by atoms with Crippen molar-refractivity contribution in [3.8, 4) is 0 Å². The third kappa shape index (κ3) is 4.88. The van der Waals surface area contributed by atoms with Gasteiger partial charge in [0.2, 0.25) is 0 Å². The summed E-state index contributed by atoms with van der Waals surface area (Å²) < 4.78 is 0. The highest BCUT2D eigenvalue weighted by Crippen LogP contribution is 2.18. The molecule has 3 heteroatoms. The summed E-state index contributed by atoms with van der Waals surface area (Å²) in [5.41, 5.74) is 2.03. The number of carbonyl (C=O) groups is 1. The van der Waals surface area contributed by atoms with Gasteiger partial charge >= 0.3 is 0 Å². The van der Waals surface area contributed by atoms with Crippen LogP contribution in [0.5, 0.6) is 0 Å². The Hall–Kier alpha value is -1.35. The topological polar surface area (TPSA) is 32.3 Å². The van der Waals surface area contributed by atoms with E-state index in [2.05, 4.69) is 38.2 Å². The lowest BCUT2D eigenvalue weighted by atomic mass is 9.93. The molecule has 0 aromatic heterocycles. The van der Waals surface area contributed by atoms with Crippen LogP contribution in [0.4, 0.5) is 5.69 Å². The van der Waals surface area contributed by atoms with Crippen LogP contribution in [0, 0.1) is 5.41 Å². The lowest BCUT2D eigenvalue weighted by Crippen LogP contribution is -2.34. The molecule has 0 radical (unpaired) electrons. The van der Waals surface area contributed by atoms with Crippen molar-refractivity contribution in [3.63, 3.8) is 0 Å². The van der Waals surface area contributed by atoms with Gasteiger partial charge in [-0.05, 0) is 50.7 Å². The summed E-state index contributed by atoms with van der Waals surface area (Å²) >= 11 is 0. The van der Waals surface area contributed by atoms with Crippen LogP contribution in [0.15, 0.2) is 24.3 Å². The first-order chi connectivity index (χ1) is 8.30. The van der Waals surface area contributed by atoms with Crippen LogP contribution in [0.2, 0.25) is 0 Å². The van der Waals surface area contributed by atoms with Gasteiger partial charge in [0.15, 0.2) is 5.78 Å². The third-order valence-corrected chi connectivity index (χ3v) is 2.81. The maximum absolute atomic E-state index is 11.2. The van der Waals surface area contributed by atoms with E-state index < -0.39 is 0 Å². The maximum Gasteiger partial charge on any atom is 0.159 e. The predicted molar refractivity (Wildman–Crippen MR) is 77.3 cm³/mol. The van der Waals surface area contributed by atoms with Crippen molar-refractivity contribution in [3.05, 3.63) is 29.8 Å². The first-order valence-corrected chi connectivity index (χ1v) is 6.30. The first-order valence-electron chi connectivity index (χ1n) is 6.30. The molecule has 0 bridgehead atoms. The normalized spacial score (nSPS) is 11.7. The van der Waals surface area contributed by atoms with Crippen molar-refractivity contribution < 1.29 is 4.79 Å². The number of carbonyl (C=O) groups excluding carboxylic acids is 1. The van der Waals surface area contributed by atoms with Crippen LogP contribution in [-0.2, 0) is 0 Å². The maximum atomic E-state index is 11.2. The molecule has 0 saturated carbocycles. The average Bonchev–Trinajstić information content (AvgIpc) is 2.25. The molecular weight excluding hydrogens is 224 g/mol. The molecule has 1 aromatic rings. The molecule has 18 heavy (non-hydrogen) atoms. The zero-order valence-corrected chi connectivity index (χ0v) is 12.1. The van der Waals surface area contributed by atoms with Crippen molar-refractivity contribution in [2.24, 2.45) is 5.41 Å². The summed E-state index contributed by atoms with van der Waals surface area (Å²) in [6.45, 7) is 8.01. The Labute approximate surface area is 110 Å². The number of benzene rings is 1. The second-order valence-corrected chi connectivity index (χ2v) is 5.89. The van der Waals surface area contributed by atoms with Gasteiger partial charge in [0.05, 0.1) is 0 Å². The standard InChI is InChI=1S/C15H24N2O/c1-12(18)13-6-8-14(9-7-13)16-10-15(2,3)11-17(4)5/h6-9,16H,10-11H2,1-5H3. The van der Waals surface area contributed by atoms with Crippen LogP contribution in [0.25, 0.3) is 0 Å². The number of nitrogens with one attached hydrogen (secondary N) is 1. The smallest absolute Gasteiger partial charge is 0.159 e. The molecule has 0 aliphatic carbocycles. The van der Waals surface area contributed by atoms with Gasteiger partial charge in [-0.2, -0.15) is 0 Å². The zero-order chi connectivity index (χ0) is 13.8. The number of rotatable bonds is 6. The van der Waals surface area contributed by atoms with Crippen LogP contribution in [-0.4, -0.2) is 37.9 Å². The second-order valence-electron chi connectivity index (χ2n) is 5.89. The molecule has 0 saturated heterocycles. The fourth-order valence-corrected chi connectivity index (χ4v) is 2.08. The minimum absolute atomic E-state index is 0.106. The van der Waals surface area contributed by atoms with E-state index in [1.54, 1.807) is 6.92 Å². The number of hydrogen-bond donors (Lipinski definition) is 1. The predicted octanol–water partition coefficient (Wildman–Crippen LogP) is 2.89. The van der Waals surface area contributed by atoms with Gasteiger partial charge in [-0.1, -0.05) is 13.8 Å². The van der Waals surface area contributed by atoms with Crippen molar-refractivity contribution in [1.82, 2.24) is 4.90 Å². The largest absolute Gasteiger partial charge is 0.384 e. The van der Waals surface area contributed by atoms with E-state index in [-0.39, 0.29) is 11.2 Å². The monoisotopic (exact) mass is 248 g/mol. The number of anilines is 1. The van der Waals surface area contributed by atoms with Gasteiger partial charge in [0.1, 0.15) is 0 Å². The van der Waals surface area contributed by atoms with Gasteiger partial charge in [0.25, 0.3) is 0 Å². The Bertz CT molecular complexity index is 393. The molecular formula is C15H24N2O. The molecule has 0 aliphatic heterocycles. The van der Waals surface area contributed by atoms with Crippen molar-refractivity contribution in [1.29, 1.82) is 0 Å². The SMILES string of the molecule is CC(=O)c1ccc(NCC(C)(C)CN(C)C)cc1. The summed E-state index contributed by atoms with van der Waals surface area (Å²) in [7, 11) is 4.17. The molecule has 0 fully saturated rings. The van der Waals surface area contributed by atoms with E-state index in [4.69, 9.17) is 0 Å². The Morgan fingerprint density at radius 3 is 2.22 bits per heavy atom. The van der Waals surface area contributed by atoms with Crippen molar-refractivity contribution in [2.45, 2.75) is 20.8 Å². The van der Waals surface area contributed by atoms with Crippen LogP contribution in [0.1, 0.15) is 31.1 Å². The minimum atomic E-state index is 0.106. The highest BCUT2D eigenvalue weighted by molar-refractivity contribution is 5.94. The molecule has 0 heterocycles. The molecule has 3 nitrogen and oxygen atoms in total. The molecule has 0 atom stereocenters. The Kier molecular flexibility index (Phi) is 4.91. The van der Waals surface area contributed by atoms with E-state index in [0.29, 0.717) is 0 Å². The number of nitrogens with zero attached hydrogens (tertiary/aromatic N) is 1. The Morgan fingerprint density at radius 1 is 1.22 bits per heavy atom. The molecule has 0 unspecified atom stereocenters. The summed E-state index contributed by atoms with van der Waals surface area (Å²) in [6.07, 6.45) is 0. The van der Waals surface area contributed by atoms with E-state index in [1.807, 2.05) is 24.3 Å². The fourth-order valence-electron chi connectivity index (χ4n) is 2.08. The molecule has 0 aliphatic rings. The van der Waals surface area contributed by atoms with Gasteiger partial charge in [-0.3, -0.25) is 4.79 Å². The molecule has 1 N–H and O–H groups in total. The van der Waals surface area contributed by atoms with E-state index in [1.165, 1.54) is 0 Å². The van der Waals surface area contributed by atoms with Crippen molar-refractivity contribution in [2.75, 3.05) is 32.5 Å². The molecule has 1 aromatic carbocycles. The van der Waals surface area contributed by atoms with E-state index >= 15 is 0 Å². The van der Waals surface area contributed by atoms with Gasteiger partial charge in [-0.15, -0.1) is 0 Å². The number of ketones is 1. The van der Waals surface area contributed by atoms with Crippen LogP contribution in [0.3, 0.4) is 0 Å². The summed E-state index contributed by atoms with van der Waals surface area (Å²) in [4.78, 5) is 13.4. The molecule has 100 valence electrons. The highest BCUT2D eigenvalue weighted by atomic mass is 16.1. The quantitative estimate of drug-likeness (QED) is 0.786. The van der Waals surface area contributed by atoms with Gasteiger partial charge in [0, 0.05) is 24.3 Å². The van der Waals surface area contributed by atoms with Gasteiger partial charge < -0.3 is 10.2 Å². The first kappa shape index (κ1) is 14.7. The van der Waals surface area contributed by atoms with E-state index in [9.17, 15) is 4.79 Å². The van der Waals surface area contributed by atoms with Crippen molar-refractivity contribution >= 4 is 11.5 Å². The minimum Gasteiger partial charge on any atom is -0.384 e. The number of hydrogen-bond acceptors (Lipinski definition) is 3. The summed E-state index contributed by atoms with van der Waals surface area (Å²) in [5.74, 6) is 0.106. The lowest BCUT2D eigenvalue weighted by Gasteiger charge is -2.28. The Morgan fingerprint density at radius 2 is 1.78 bits per heavy atom. The molecule has 0 amide bonds. The Balaban J connectivity index is 2.55. The fraction of sp³-hybridized carbons (Fsp3) is 0.533. The zero-order valence-electron chi connectivity index (χ0n) is 12.1.